The second-order valence-electron chi connectivity index (χ2n) is 2.73. The van der Waals surface area contributed by atoms with Crippen LogP contribution in [0.4, 0.5) is 5.69 Å². The Morgan fingerprint density at radius 1 is 1.64 bits per heavy atom. The lowest BCUT2D eigenvalue weighted by Crippen LogP contribution is -2.20. The summed E-state index contributed by atoms with van der Waals surface area (Å²) in [6.45, 7) is 1.76. The molecule has 1 rings (SSSR count). The van der Waals surface area contributed by atoms with Crippen molar-refractivity contribution in [1.29, 1.82) is 0 Å². The molecule has 0 heterocycles. The number of alkyl halides is 1. The number of benzene rings is 1. The molecule has 5 heteroatoms. The van der Waals surface area contributed by atoms with E-state index in [-0.39, 0.29) is 10.7 Å². The van der Waals surface area contributed by atoms with Crippen molar-refractivity contribution in [3.63, 3.8) is 0 Å². The molecule has 1 aromatic carbocycles. The molecule has 76 valence electrons. The van der Waals surface area contributed by atoms with Crippen LogP contribution in [0.5, 0.6) is 0 Å². The van der Waals surface area contributed by atoms with E-state index in [0.717, 1.165) is 3.57 Å². The van der Waals surface area contributed by atoms with E-state index in [1.165, 1.54) is 0 Å². The van der Waals surface area contributed by atoms with Gasteiger partial charge in [-0.05, 0) is 47.7 Å². The highest BCUT2D eigenvalue weighted by atomic mass is 127. The molecule has 14 heavy (non-hydrogen) atoms. The van der Waals surface area contributed by atoms with Gasteiger partial charge in [-0.1, -0.05) is 27.5 Å². The molecule has 1 unspecified atom stereocenters. The van der Waals surface area contributed by atoms with Gasteiger partial charge in [-0.15, -0.1) is 0 Å². The SMILES string of the molecule is CC(Br)C(=O)Nc1cc(I)ccc1Cl. The van der Waals surface area contributed by atoms with Crippen molar-refractivity contribution in [2.45, 2.75) is 11.8 Å². The molecule has 0 radical (unpaired) electrons. The van der Waals surface area contributed by atoms with Gasteiger partial charge < -0.3 is 5.32 Å². The second-order valence-corrected chi connectivity index (χ2v) is 5.76. The van der Waals surface area contributed by atoms with Crippen LogP contribution in [-0.4, -0.2) is 10.7 Å². The van der Waals surface area contributed by atoms with Crippen molar-refractivity contribution in [3.05, 3.63) is 26.8 Å². The van der Waals surface area contributed by atoms with Crippen LogP contribution in [0.1, 0.15) is 6.92 Å². The van der Waals surface area contributed by atoms with Crippen LogP contribution in [0.2, 0.25) is 5.02 Å². The van der Waals surface area contributed by atoms with Crippen molar-refractivity contribution in [1.82, 2.24) is 0 Å². The molecule has 1 atom stereocenters. The van der Waals surface area contributed by atoms with Crippen LogP contribution < -0.4 is 5.32 Å². The predicted octanol–water partition coefficient (Wildman–Crippen LogP) is 3.67. The Morgan fingerprint density at radius 2 is 2.29 bits per heavy atom. The first-order chi connectivity index (χ1) is 6.50. The molecule has 0 aliphatic carbocycles. The van der Waals surface area contributed by atoms with Crippen LogP contribution in [0.25, 0.3) is 0 Å². The lowest BCUT2D eigenvalue weighted by Gasteiger charge is -2.08. The zero-order chi connectivity index (χ0) is 10.7. The quantitative estimate of drug-likeness (QED) is 0.608. The summed E-state index contributed by atoms with van der Waals surface area (Å²) in [5.74, 6) is -0.103. The fourth-order valence-corrected chi connectivity index (χ4v) is 1.60. The van der Waals surface area contributed by atoms with Gasteiger partial charge in [-0.2, -0.15) is 0 Å². The third-order valence-corrected chi connectivity index (χ3v) is 2.96. The van der Waals surface area contributed by atoms with Crippen molar-refractivity contribution in [3.8, 4) is 0 Å². The maximum absolute atomic E-state index is 11.4. The zero-order valence-corrected chi connectivity index (χ0v) is 11.9. The van der Waals surface area contributed by atoms with Gasteiger partial charge in [-0.3, -0.25) is 4.79 Å². The first kappa shape index (κ1) is 12.3. The molecule has 0 aliphatic rings. The maximum Gasteiger partial charge on any atom is 0.237 e. The molecule has 0 aliphatic heterocycles. The van der Waals surface area contributed by atoms with Gasteiger partial charge in [0, 0.05) is 3.57 Å². The van der Waals surface area contributed by atoms with Gasteiger partial charge in [0.05, 0.1) is 15.5 Å². The first-order valence-corrected chi connectivity index (χ1v) is 6.28. The number of anilines is 1. The van der Waals surface area contributed by atoms with Crippen molar-refractivity contribution in [2.75, 3.05) is 5.32 Å². The lowest BCUT2D eigenvalue weighted by molar-refractivity contribution is -0.115. The molecule has 1 amide bonds. The van der Waals surface area contributed by atoms with E-state index in [9.17, 15) is 4.79 Å². The molecule has 2 nitrogen and oxygen atoms in total. The van der Waals surface area contributed by atoms with Crippen molar-refractivity contribution >= 4 is 61.7 Å². The minimum absolute atomic E-state index is 0.103. The Labute approximate surface area is 110 Å². The summed E-state index contributed by atoms with van der Waals surface area (Å²) < 4.78 is 1.03. The summed E-state index contributed by atoms with van der Waals surface area (Å²) in [5.41, 5.74) is 0.648. The molecular formula is C9H8BrClINO. The Balaban J connectivity index is 2.86. The molecule has 0 bridgehead atoms. The molecule has 0 fully saturated rings. The largest absolute Gasteiger partial charge is 0.324 e. The number of nitrogens with one attached hydrogen (secondary N) is 1. The lowest BCUT2D eigenvalue weighted by atomic mass is 10.3. The average Bonchev–Trinajstić information content (AvgIpc) is 2.11. The predicted molar refractivity (Wildman–Crippen MR) is 71.2 cm³/mol. The highest BCUT2D eigenvalue weighted by Crippen LogP contribution is 2.24. The van der Waals surface area contributed by atoms with Crippen LogP contribution in [0.3, 0.4) is 0 Å². The normalized spacial score (nSPS) is 12.3. The van der Waals surface area contributed by atoms with Crippen LogP contribution in [0.15, 0.2) is 18.2 Å². The zero-order valence-electron chi connectivity index (χ0n) is 7.35. The van der Waals surface area contributed by atoms with Gasteiger partial charge in [0.2, 0.25) is 5.91 Å². The molecule has 1 aromatic rings. The Kier molecular flexibility index (Phi) is 4.66. The minimum atomic E-state index is -0.226. The van der Waals surface area contributed by atoms with Gasteiger partial charge in [-0.25, -0.2) is 0 Å². The van der Waals surface area contributed by atoms with Gasteiger partial charge in [0.25, 0.3) is 0 Å². The van der Waals surface area contributed by atoms with E-state index in [4.69, 9.17) is 11.6 Å². The number of halogens is 3. The van der Waals surface area contributed by atoms with Crippen molar-refractivity contribution < 1.29 is 4.79 Å². The van der Waals surface area contributed by atoms with Crippen LogP contribution in [-0.2, 0) is 4.79 Å². The van der Waals surface area contributed by atoms with Crippen molar-refractivity contribution in [2.24, 2.45) is 0 Å². The van der Waals surface area contributed by atoms with E-state index in [2.05, 4.69) is 43.8 Å². The Bertz CT molecular complexity index is 357. The van der Waals surface area contributed by atoms with E-state index in [1.54, 1.807) is 13.0 Å². The van der Waals surface area contributed by atoms with Gasteiger partial charge in [0.1, 0.15) is 0 Å². The number of amides is 1. The fourth-order valence-electron chi connectivity index (χ4n) is 0.825. The topological polar surface area (TPSA) is 29.1 Å². The maximum atomic E-state index is 11.4. The molecule has 0 aromatic heterocycles. The molecule has 1 N–H and O–H groups in total. The second kappa shape index (κ2) is 5.32. The summed E-state index contributed by atoms with van der Waals surface area (Å²) in [5, 5.41) is 3.28. The van der Waals surface area contributed by atoms with E-state index in [0.29, 0.717) is 10.7 Å². The fraction of sp³-hybridized carbons (Fsp3) is 0.222. The summed E-state index contributed by atoms with van der Waals surface area (Å²) in [6.07, 6.45) is 0. The summed E-state index contributed by atoms with van der Waals surface area (Å²) in [4.78, 5) is 11.1. The standard InChI is InChI=1S/C9H8BrClINO/c1-5(10)9(14)13-8-4-6(12)2-3-7(8)11/h2-5H,1H3,(H,13,14). The van der Waals surface area contributed by atoms with E-state index < -0.39 is 0 Å². The highest BCUT2D eigenvalue weighted by molar-refractivity contribution is 14.1. The third-order valence-electron chi connectivity index (χ3n) is 1.55. The number of carbonyl (C=O) groups is 1. The molecule has 0 saturated carbocycles. The van der Waals surface area contributed by atoms with Crippen LogP contribution >= 0.6 is 50.1 Å². The molecule has 0 saturated heterocycles. The minimum Gasteiger partial charge on any atom is -0.324 e. The Hall–Kier alpha value is 0.190. The third kappa shape index (κ3) is 3.40. The summed E-state index contributed by atoms with van der Waals surface area (Å²) in [7, 11) is 0. The number of carbonyl (C=O) groups excluding carboxylic acids is 1. The number of hydrogen-bond acceptors (Lipinski definition) is 1. The molecule has 0 spiro atoms. The van der Waals surface area contributed by atoms with Gasteiger partial charge in [0.15, 0.2) is 0 Å². The monoisotopic (exact) mass is 387 g/mol. The van der Waals surface area contributed by atoms with E-state index in [1.807, 2.05) is 12.1 Å². The summed E-state index contributed by atoms with van der Waals surface area (Å²) >= 11 is 11.3. The van der Waals surface area contributed by atoms with Gasteiger partial charge >= 0.3 is 0 Å². The van der Waals surface area contributed by atoms with Crippen LogP contribution in [0, 0.1) is 3.57 Å². The Morgan fingerprint density at radius 3 is 2.86 bits per heavy atom. The number of rotatable bonds is 2. The van der Waals surface area contributed by atoms with E-state index >= 15 is 0 Å². The first-order valence-electron chi connectivity index (χ1n) is 3.90. The smallest absolute Gasteiger partial charge is 0.237 e. The average molecular weight is 388 g/mol. The number of hydrogen-bond donors (Lipinski definition) is 1. The highest BCUT2D eigenvalue weighted by Gasteiger charge is 2.10. The molecular weight excluding hydrogens is 380 g/mol. The summed E-state index contributed by atoms with van der Waals surface area (Å²) in [6, 6.07) is 5.48.